The minimum atomic E-state index is -0.591. The fourth-order valence-corrected chi connectivity index (χ4v) is 5.98. The first-order chi connectivity index (χ1) is 24.9. The monoisotopic (exact) mass is 531 g/mol. The summed E-state index contributed by atoms with van der Waals surface area (Å²) in [6.45, 7) is 0. The zero-order chi connectivity index (χ0) is 36.5. The molecule has 0 saturated carbocycles. The van der Waals surface area contributed by atoms with Gasteiger partial charge < -0.3 is 4.42 Å². The summed E-state index contributed by atoms with van der Waals surface area (Å²) in [5, 5.41) is 2.36. The fourth-order valence-electron chi connectivity index (χ4n) is 5.98. The second-order valence-electron chi connectivity index (χ2n) is 10.0. The molecule has 8 aromatic carbocycles. The summed E-state index contributed by atoms with van der Waals surface area (Å²) in [6.07, 6.45) is 0. The first-order valence-corrected chi connectivity index (χ1v) is 13.2. The van der Waals surface area contributed by atoms with Crippen molar-refractivity contribution >= 4 is 65.0 Å². The molecule has 9 aromatic rings. The molecule has 0 N–H and O–H groups in total. The van der Waals surface area contributed by atoms with Crippen LogP contribution in [0.3, 0.4) is 0 Å². The highest BCUT2D eigenvalue weighted by Crippen LogP contribution is 2.48. The molecule has 0 aliphatic heterocycles. The zero-order valence-electron chi connectivity index (χ0n) is 32.4. The molecular formula is C40H24O. The number of furan rings is 1. The number of hydrogen-bond acceptors (Lipinski definition) is 1. The van der Waals surface area contributed by atoms with E-state index < -0.39 is 66.5 Å². The highest BCUT2D eigenvalue weighted by molar-refractivity contribution is 6.27. The predicted molar refractivity (Wildman–Crippen MR) is 175 cm³/mol. The smallest absolute Gasteiger partial charge is 0.136 e. The van der Waals surface area contributed by atoms with Crippen molar-refractivity contribution in [3.63, 3.8) is 0 Å². The van der Waals surface area contributed by atoms with Crippen molar-refractivity contribution in [2.45, 2.75) is 0 Å². The van der Waals surface area contributed by atoms with E-state index in [0.717, 1.165) is 16.3 Å². The Hall–Kier alpha value is -5.40. The van der Waals surface area contributed by atoms with Gasteiger partial charge in [0.15, 0.2) is 0 Å². The third kappa shape index (κ3) is 3.30. The maximum absolute atomic E-state index is 9.55. The van der Waals surface area contributed by atoms with Crippen LogP contribution >= 0.6 is 0 Å². The first kappa shape index (κ1) is 14.3. The Morgan fingerprint density at radius 1 is 0.463 bits per heavy atom. The van der Waals surface area contributed by atoms with Crippen molar-refractivity contribution in [1.29, 1.82) is 0 Å². The number of hydrogen-bond donors (Lipinski definition) is 0. The van der Waals surface area contributed by atoms with Crippen molar-refractivity contribution in [3.8, 4) is 22.3 Å². The Morgan fingerprint density at radius 3 is 2.05 bits per heavy atom. The molecule has 0 aliphatic carbocycles. The van der Waals surface area contributed by atoms with Crippen LogP contribution in [0.25, 0.3) is 87.3 Å². The molecule has 0 spiro atoms. The molecule has 1 heterocycles. The predicted octanol–water partition coefficient (Wildman–Crippen LogP) is 11.5. The lowest BCUT2D eigenvalue weighted by atomic mass is 9.84. The Kier molecular flexibility index (Phi) is 2.98. The summed E-state index contributed by atoms with van der Waals surface area (Å²) in [6, 6.07) is 19.1. The molecule has 0 atom stereocenters. The van der Waals surface area contributed by atoms with E-state index in [-0.39, 0.29) is 37.9 Å². The third-order valence-electron chi connectivity index (χ3n) is 7.78. The van der Waals surface area contributed by atoms with E-state index in [0.29, 0.717) is 33.1 Å². The highest BCUT2D eigenvalue weighted by atomic mass is 16.3. The summed E-state index contributed by atoms with van der Waals surface area (Å²) < 4.78 is 105. The Morgan fingerprint density at radius 2 is 1.20 bits per heavy atom. The van der Waals surface area contributed by atoms with Gasteiger partial charge in [-0.1, -0.05) is 121 Å². The van der Waals surface area contributed by atoms with E-state index in [1.54, 1.807) is 0 Å². The highest BCUT2D eigenvalue weighted by Gasteiger charge is 2.22. The average molecular weight is 532 g/mol. The molecule has 190 valence electrons. The van der Waals surface area contributed by atoms with Gasteiger partial charge in [0.05, 0.1) is 15.1 Å². The van der Waals surface area contributed by atoms with Crippen LogP contribution in [-0.4, -0.2) is 0 Å². The van der Waals surface area contributed by atoms with Crippen LogP contribution in [-0.2, 0) is 0 Å². The molecule has 1 heteroatoms. The number of fused-ring (bicyclic) bond motifs is 8. The van der Waals surface area contributed by atoms with Crippen molar-refractivity contribution in [1.82, 2.24) is 0 Å². The van der Waals surface area contributed by atoms with Crippen molar-refractivity contribution in [3.05, 3.63) is 145 Å². The SMILES string of the molecule is [2H]c1c([2H])c([2H])c2c([2H])c3c(c([2H])c([2H])c4c([2H])c([2H])c([2H])c([2H])c43)c(-c3c(-c4ccccc4)ccc4oc5cc6ccccc6cc5c34)c2c1[2H]. The molecule has 1 aromatic heterocycles. The minimum Gasteiger partial charge on any atom is -0.456 e. The molecule has 1 nitrogen and oxygen atoms in total. The molecule has 0 saturated heterocycles. The van der Waals surface area contributed by atoms with Gasteiger partial charge in [-0.25, -0.2) is 0 Å². The number of rotatable bonds is 2. The van der Waals surface area contributed by atoms with Crippen LogP contribution in [0.4, 0.5) is 0 Å². The summed E-state index contributed by atoms with van der Waals surface area (Å²) in [4.78, 5) is 0. The topological polar surface area (TPSA) is 13.1 Å². The molecule has 9 rings (SSSR count). The van der Waals surface area contributed by atoms with E-state index in [1.807, 2.05) is 78.9 Å². The minimum absolute atomic E-state index is 0.0371. The maximum Gasteiger partial charge on any atom is 0.136 e. The van der Waals surface area contributed by atoms with Gasteiger partial charge in [-0.05, 0) is 84.0 Å². The zero-order valence-corrected chi connectivity index (χ0v) is 21.4. The Labute approximate surface area is 252 Å². The van der Waals surface area contributed by atoms with Gasteiger partial charge in [0, 0.05) is 16.3 Å². The first-order valence-electron chi connectivity index (χ1n) is 18.7. The van der Waals surface area contributed by atoms with E-state index >= 15 is 0 Å². The fraction of sp³-hybridized carbons (Fsp3) is 0. The van der Waals surface area contributed by atoms with Crippen molar-refractivity contribution in [2.75, 3.05) is 0 Å². The van der Waals surface area contributed by atoms with Crippen molar-refractivity contribution < 1.29 is 19.5 Å². The Bertz CT molecular complexity index is 3080. The number of benzene rings is 8. The van der Waals surface area contributed by atoms with E-state index in [1.165, 1.54) is 0 Å². The van der Waals surface area contributed by atoms with E-state index in [4.69, 9.17) is 14.0 Å². The van der Waals surface area contributed by atoms with Crippen LogP contribution in [0.2, 0.25) is 0 Å². The van der Waals surface area contributed by atoms with E-state index in [2.05, 4.69) is 0 Å². The summed E-state index contributed by atoms with van der Waals surface area (Å²) in [7, 11) is 0. The lowest BCUT2D eigenvalue weighted by Gasteiger charge is -2.18. The average Bonchev–Trinajstić information content (AvgIpc) is 3.52. The molecule has 0 unspecified atom stereocenters. The van der Waals surface area contributed by atoms with Gasteiger partial charge >= 0.3 is 0 Å². The summed E-state index contributed by atoms with van der Waals surface area (Å²) >= 11 is 0. The second-order valence-corrected chi connectivity index (χ2v) is 10.0. The van der Waals surface area contributed by atoms with Crippen LogP contribution in [0.15, 0.2) is 150 Å². The lowest BCUT2D eigenvalue weighted by Crippen LogP contribution is -1.91. The molecule has 41 heavy (non-hydrogen) atoms. The van der Waals surface area contributed by atoms with Gasteiger partial charge in [0.1, 0.15) is 11.2 Å². The summed E-state index contributed by atoms with van der Waals surface area (Å²) in [5.41, 5.74) is 2.95. The molecule has 0 amide bonds. The quantitative estimate of drug-likeness (QED) is 0.160. The summed E-state index contributed by atoms with van der Waals surface area (Å²) in [5.74, 6) is 0. The van der Waals surface area contributed by atoms with Gasteiger partial charge in [0.25, 0.3) is 0 Å². The van der Waals surface area contributed by atoms with Crippen LogP contribution in [0.1, 0.15) is 15.1 Å². The maximum atomic E-state index is 9.55. The Balaban J connectivity index is 1.67. The van der Waals surface area contributed by atoms with Gasteiger partial charge in [0.2, 0.25) is 0 Å². The standard InChI is InChI=1S/C40H24O/c1-2-10-25(11-3-1)32-20-21-36-39(35-22-27-13-4-5-14-28(27)24-37(35)41-36)40(32)38-31-17-9-7-15-29(31)23-34-30-16-8-6-12-26(30)18-19-33(34)38/h1-24H/i6D,7D,8D,9D,12D,15D,16D,17D,18D,19D,23D. The van der Waals surface area contributed by atoms with Crippen LogP contribution in [0.5, 0.6) is 0 Å². The third-order valence-corrected chi connectivity index (χ3v) is 7.78. The van der Waals surface area contributed by atoms with Crippen LogP contribution in [0, 0.1) is 0 Å². The van der Waals surface area contributed by atoms with Gasteiger partial charge in [-0.15, -0.1) is 0 Å². The van der Waals surface area contributed by atoms with Crippen molar-refractivity contribution in [2.24, 2.45) is 0 Å². The van der Waals surface area contributed by atoms with Gasteiger partial charge in [-0.2, -0.15) is 0 Å². The largest absolute Gasteiger partial charge is 0.456 e. The molecule has 0 aliphatic rings. The van der Waals surface area contributed by atoms with E-state index in [9.17, 15) is 5.48 Å². The molecule has 0 fully saturated rings. The van der Waals surface area contributed by atoms with Crippen LogP contribution < -0.4 is 0 Å². The molecule has 0 radical (unpaired) electrons. The normalized spacial score (nSPS) is 15.7. The molecule has 0 bridgehead atoms. The van der Waals surface area contributed by atoms with Gasteiger partial charge in [-0.3, -0.25) is 0 Å². The molecular weight excluding hydrogens is 496 g/mol. The lowest BCUT2D eigenvalue weighted by molar-refractivity contribution is 0.669. The second kappa shape index (κ2) is 8.55.